The summed E-state index contributed by atoms with van der Waals surface area (Å²) in [6.45, 7) is 3.35. The SMILES string of the molecule is CCOc1ccccc1C(=O)OCC(=O)Nc1ccc(C)c(F)c1. The van der Waals surface area contributed by atoms with Gasteiger partial charge >= 0.3 is 5.97 Å². The maximum atomic E-state index is 13.4. The number of aryl methyl sites for hydroxylation is 1. The van der Waals surface area contributed by atoms with E-state index in [4.69, 9.17) is 9.47 Å². The second-order valence-corrected chi connectivity index (χ2v) is 5.02. The highest BCUT2D eigenvalue weighted by molar-refractivity contribution is 5.96. The molecule has 0 unspecified atom stereocenters. The third-order valence-corrected chi connectivity index (χ3v) is 3.20. The molecule has 1 N–H and O–H groups in total. The van der Waals surface area contributed by atoms with Crippen molar-refractivity contribution < 1.29 is 23.5 Å². The number of benzene rings is 2. The molecule has 0 aliphatic carbocycles. The minimum atomic E-state index is -0.663. The largest absolute Gasteiger partial charge is 0.493 e. The Morgan fingerprint density at radius 2 is 1.92 bits per heavy atom. The number of hydrogen-bond acceptors (Lipinski definition) is 4. The Morgan fingerprint density at radius 3 is 2.62 bits per heavy atom. The van der Waals surface area contributed by atoms with Crippen LogP contribution in [0.1, 0.15) is 22.8 Å². The van der Waals surface area contributed by atoms with Gasteiger partial charge in [-0.05, 0) is 43.7 Å². The second-order valence-electron chi connectivity index (χ2n) is 5.02. The first-order valence-corrected chi connectivity index (χ1v) is 7.46. The molecule has 6 heteroatoms. The van der Waals surface area contributed by atoms with E-state index in [2.05, 4.69) is 5.32 Å². The Balaban J connectivity index is 1.94. The Morgan fingerprint density at radius 1 is 1.17 bits per heavy atom. The van der Waals surface area contributed by atoms with Crippen LogP contribution in [0, 0.1) is 12.7 Å². The molecule has 0 spiro atoms. The van der Waals surface area contributed by atoms with Crippen molar-refractivity contribution in [2.75, 3.05) is 18.5 Å². The van der Waals surface area contributed by atoms with E-state index in [0.717, 1.165) is 0 Å². The number of para-hydroxylation sites is 1. The molecule has 0 aliphatic rings. The summed E-state index contributed by atoms with van der Waals surface area (Å²) in [5.41, 5.74) is 1.02. The molecule has 2 rings (SSSR count). The lowest BCUT2D eigenvalue weighted by Gasteiger charge is -2.10. The minimum Gasteiger partial charge on any atom is -0.493 e. The van der Waals surface area contributed by atoms with Crippen molar-refractivity contribution in [3.63, 3.8) is 0 Å². The maximum absolute atomic E-state index is 13.4. The van der Waals surface area contributed by atoms with Gasteiger partial charge in [0.1, 0.15) is 17.1 Å². The summed E-state index contributed by atoms with van der Waals surface area (Å²) in [6, 6.07) is 10.9. The van der Waals surface area contributed by atoms with Crippen molar-refractivity contribution >= 4 is 17.6 Å². The van der Waals surface area contributed by atoms with Gasteiger partial charge in [0.15, 0.2) is 6.61 Å². The lowest BCUT2D eigenvalue weighted by Crippen LogP contribution is -2.21. The zero-order valence-electron chi connectivity index (χ0n) is 13.5. The van der Waals surface area contributed by atoms with Crippen molar-refractivity contribution in [2.45, 2.75) is 13.8 Å². The van der Waals surface area contributed by atoms with Gasteiger partial charge in [-0.1, -0.05) is 18.2 Å². The third-order valence-electron chi connectivity index (χ3n) is 3.20. The number of hydrogen-bond donors (Lipinski definition) is 1. The third kappa shape index (κ3) is 4.55. The fraction of sp³-hybridized carbons (Fsp3) is 0.222. The van der Waals surface area contributed by atoms with E-state index in [-0.39, 0.29) is 5.56 Å². The molecule has 24 heavy (non-hydrogen) atoms. The zero-order chi connectivity index (χ0) is 17.5. The van der Waals surface area contributed by atoms with Crippen LogP contribution in [0.2, 0.25) is 0 Å². The van der Waals surface area contributed by atoms with Gasteiger partial charge in [0.2, 0.25) is 0 Å². The first-order chi connectivity index (χ1) is 11.5. The topological polar surface area (TPSA) is 64.6 Å². The van der Waals surface area contributed by atoms with Crippen molar-refractivity contribution in [1.82, 2.24) is 0 Å². The van der Waals surface area contributed by atoms with Crippen LogP contribution >= 0.6 is 0 Å². The smallest absolute Gasteiger partial charge is 0.342 e. The van der Waals surface area contributed by atoms with Crippen LogP contribution < -0.4 is 10.1 Å². The van der Waals surface area contributed by atoms with Crippen LogP contribution in [0.15, 0.2) is 42.5 Å². The monoisotopic (exact) mass is 331 g/mol. The summed E-state index contributed by atoms with van der Waals surface area (Å²) in [5.74, 6) is -1.24. The van der Waals surface area contributed by atoms with E-state index in [1.807, 2.05) is 0 Å². The summed E-state index contributed by atoms with van der Waals surface area (Å²) >= 11 is 0. The lowest BCUT2D eigenvalue weighted by molar-refractivity contribution is -0.119. The van der Waals surface area contributed by atoms with Gasteiger partial charge in [-0.2, -0.15) is 0 Å². The summed E-state index contributed by atoms with van der Waals surface area (Å²) < 4.78 is 23.8. The van der Waals surface area contributed by atoms with Gasteiger partial charge < -0.3 is 14.8 Å². The normalized spacial score (nSPS) is 10.1. The molecular formula is C18H18FNO4. The molecule has 0 aliphatic heterocycles. The van der Waals surface area contributed by atoms with E-state index < -0.39 is 24.3 Å². The number of rotatable bonds is 6. The van der Waals surface area contributed by atoms with Crippen LogP contribution in [-0.2, 0) is 9.53 Å². The molecule has 0 saturated carbocycles. The zero-order valence-corrected chi connectivity index (χ0v) is 13.5. The molecule has 2 aromatic rings. The summed E-state index contributed by atoms with van der Waals surface area (Å²) in [7, 11) is 0. The second kappa shape index (κ2) is 8.10. The van der Waals surface area contributed by atoms with Crippen molar-refractivity contribution in [3.8, 4) is 5.75 Å². The molecule has 0 heterocycles. The predicted octanol–water partition coefficient (Wildman–Crippen LogP) is 3.33. The number of esters is 1. The molecule has 0 fully saturated rings. The average molecular weight is 331 g/mol. The molecule has 0 bridgehead atoms. The molecular weight excluding hydrogens is 313 g/mol. The maximum Gasteiger partial charge on any atom is 0.342 e. The standard InChI is InChI=1S/C18H18FNO4/c1-3-23-16-7-5-4-6-14(16)18(22)24-11-17(21)20-13-9-8-12(2)15(19)10-13/h4-10H,3,11H2,1-2H3,(H,20,21). The number of halogens is 1. The number of carbonyl (C=O) groups excluding carboxylic acids is 2. The molecule has 0 aromatic heterocycles. The highest BCUT2D eigenvalue weighted by atomic mass is 19.1. The van der Waals surface area contributed by atoms with Gasteiger partial charge in [0, 0.05) is 5.69 Å². The van der Waals surface area contributed by atoms with Gasteiger partial charge in [0.25, 0.3) is 5.91 Å². The van der Waals surface area contributed by atoms with E-state index in [9.17, 15) is 14.0 Å². The molecule has 126 valence electrons. The number of amides is 1. The van der Waals surface area contributed by atoms with E-state index in [1.54, 1.807) is 50.2 Å². The summed E-state index contributed by atoms with van der Waals surface area (Å²) in [6.07, 6.45) is 0. The molecule has 2 aromatic carbocycles. The van der Waals surface area contributed by atoms with Gasteiger partial charge in [-0.3, -0.25) is 4.79 Å². The first-order valence-electron chi connectivity index (χ1n) is 7.46. The van der Waals surface area contributed by atoms with Gasteiger partial charge in [-0.15, -0.1) is 0 Å². The van der Waals surface area contributed by atoms with Gasteiger partial charge in [-0.25, -0.2) is 9.18 Å². The van der Waals surface area contributed by atoms with Crippen LogP contribution in [0.3, 0.4) is 0 Å². The highest BCUT2D eigenvalue weighted by Gasteiger charge is 2.15. The Bertz CT molecular complexity index is 746. The number of nitrogens with one attached hydrogen (secondary N) is 1. The first kappa shape index (κ1) is 17.5. The lowest BCUT2D eigenvalue weighted by atomic mass is 10.2. The van der Waals surface area contributed by atoms with E-state index in [1.165, 1.54) is 6.07 Å². The van der Waals surface area contributed by atoms with E-state index in [0.29, 0.717) is 23.6 Å². The van der Waals surface area contributed by atoms with Crippen LogP contribution in [0.5, 0.6) is 5.75 Å². The van der Waals surface area contributed by atoms with Crippen molar-refractivity contribution in [2.24, 2.45) is 0 Å². The fourth-order valence-electron chi connectivity index (χ4n) is 1.99. The summed E-state index contributed by atoms with van der Waals surface area (Å²) in [4.78, 5) is 23.9. The molecule has 5 nitrogen and oxygen atoms in total. The Hall–Kier alpha value is -2.89. The molecule has 0 radical (unpaired) electrons. The van der Waals surface area contributed by atoms with Gasteiger partial charge in [0.05, 0.1) is 6.61 Å². The molecule has 0 atom stereocenters. The molecule has 1 amide bonds. The van der Waals surface area contributed by atoms with Crippen molar-refractivity contribution in [1.29, 1.82) is 0 Å². The number of carbonyl (C=O) groups is 2. The fourth-order valence-corrected chi connectivity index (χ4v) is 1.99. The van der Waals surface area contributed by atoms with Crippen molar-refractivity contribution in [3.05, 3.63) is 59.4 Å². The van der Waals surface area contributed by atoms with E-state index >= 15 is 0 Å². The van der Waals surface area contributed by atoms with Crippen LogP contribution in [-0.4, -0.2) is 25.1 Å². The number of anilines is 1. The molecule has 0 saturated heterocycles. The average Bonchev–Trinajstić information content (AvgIpc) is 2.57. The van der Waals surface area contributed by atoms with Crippen LogP contribution in [0.25, 0.3) is 0 Å². The minimum absolute atomic E-state index is 0.244. The van der Waals surface area contributed by atoms with Crippen LogP contribution in [0.4, 0.5) is 10.1 Å². The summed E-state index contributed by atoms with van der Waals surface area (Å²) in [5, 5.41) is 2.47. The quantitative estimate of drug-likeness (QED) is 0.825. The Labute approximate surface area is 139 Å². The predicted molar refractivity (Wildman–Crippen MR) is 87.7 cm³/mol. The Kier molecular flexibility index (Phi) is 5.89. The highest BCUT2D eigenvalue weighted by Crippen LogP contribution is 2.19. The number of ether oxygens (including phenoxy) is 2.